The number of piperidine rings is 2. The molecule has 0 aliphatic carbocycles. The maximum Gasteiger partial charge on any atom is 0.226 e. The van der Waals surface area contributed by atoms with Gasteiger partial charge in [0, 0.05) is 31.0 Å². The van der Waals surface area contributed by atoms with Gasteiger partial charge in [-0.2, -0.15) is 4.98 Å². The molecule has 2 aliphatic rings. The van der Waals surface area contributed by atoms with Gasteiger partial charge < -0.3 is 24.2 Å². The van der Waals surface area contributed by atoms with E-state index in [0.717, 1.165) is 12.1 Å². The van der Waals surface area contributed by atoms with E-state index >= 15 is 0 Å². The number of hydrogen-bond donors (Lipinski definition) is 1. The van der Waals surface area contributed by atoms with Gasteiger partial charge >= 0.3 is 0 Å². The molecular weight excluding hydrogens is 408 g/mol. The number of carbonyl (C=O) groups is 1. The maximum absolute atomic E-state index is 12.4. The highest BCUT2D eigenvalue weighted by Gasteiger charge is 2.32. The minimum absolute atomic E-state index is 0.109. The summed E-state index contributed by atoms with van der Waals surface area (Å²) in [6, 6.07) is 6.15. The third-order valence-corrected chi connectivity index (χ3v) is 6.69. The largest absolute Gasteiger partial charge is 0.493 e. The summed E-state index contributed by atoms with van der Waals surface area (Å²) in [6.45, 7) is 3.25. The van der Waals surface area contributed by atoms with Crippen molar-refractivity contribution in [2.75, 3.05) is 33.9 Å². The molecule has 32 heavy (non-hydrogen) atoms. The Hall–Kier alpha value is -2.61. The normalized spacial score (nSPS) is 21.1. The number of amides is 1. The van der Waals surface area contributed by atoms with Crippen LogP contribution in [0.4, 0.5) is 0 Å². The average Bonchev–Trinajstić information content (AvgIpc) is 3.31. The summed E-state index contributed by atoms with van der Waals surface area (Å²) in [5.74, 6) is 3.00. The van der Waals surface area contributed by atoms with Gasteiger partial charge in [0.2, 0.25) is 17.6 Å². The van der Waals surface area contributed by atoms with E-state index in [1.54, 1.807) is 14.2 Å². The Morgan fingerprint density at radius 1 is 1.16 bits per heavy atom. The second kappa shape index (κ2) is 10.8. The fourth-order valence-corrected chi connectivity index (χ4v) is 5.00. The molecule has 174 valence electrons. The molecule has 1 aromatic heterocycles. The summed E-state index contributed by atoms with van der Waals surface area (Å²) in [5, 5.41) is 7.23. The predicted octanol–water partition coefficient (Wildman–Crippen LogP) is 3.46. The molecule has 0 bridgehead atoms. The van der Waals surface area contributed by atoms with Gasteiger partial charge in [-0.3, -0.25) is 4.79 Å². The molecule has 0 saturated carbocycles. The van der Waals surface area contributed by atoms with E-state index in [9.17, 15) is 4.79 Å². The Kier molecular flexibility index (Phi) is 7.63. The van der Waals surface area contributed by atoms with Gasteiger partial charge in [-0.05, 0) is 69.3 Å². The van der Waals surface area contributed by atoms with E-state index in [0.29, 0.717) is 54.4 Å². The van der Waals surface area contributed by atoms with Crippen LogP contribution in [0.15, 0.2) is 22.7 Å². The molecule has 2 aromatic rings. The van der Waals surface area contributed by atoms with Gasteiger partial charge in [0.15, 0.2) is 11.5 Å². The predicted molar refractivity (Wildman–Crippen MR) is 121 cm³/mol. The topological polar surface area (TPSA) is 89.7 Å². The van der Waals surface area contributed by atoms with Crippen LogP contribution in [0.5, 0.6) is 11.5 Å². The molecule has 0 radical (unpaired) electrons. The van der Waals surface area contributed by atoms with Crippen LogP contribution in [0.3, 0.4) is 0 Å². The maximum atomic E-state index is 12.4. The molecule has 1 amide bonds. The van der Waals surface area contributed by atoms with Gasteiger partial charge in [-0.1, -0.05) is 11.6 Å². The zero-order valence-corrected chi connectivity index (χ0v) is 19.1. The lowest BCUT2D eigenvalue weighted by molar-refractivity contribution is -0.121. The van der Waals surface area contributed by atoms with Gasteiger partial charge in [0.25, 0.3) is 0 Å². The molecule has 0 spiro atoms. The summed E-state index contributed by atoms with van der Waals surface area (Å²) in [7, 11) is 3.19. The highest BCUT2D eigenvalue weighted by Crippen LogP contribution is 2.32. The minimum atomic E-state index is 0.109. The average molecular weight is 443 g/mol. The Morgan fingerprint density at radius 2 is 2.00 bits per heavy atom. The Bertz CT molecular complexity index is 898. The van der Waals surface area contributed by atoms with Crippen LogP contribution in [0.25, 0.3) is 11.4 Å². The molecule has 2 saturated heterocycles. The van der Waals surface area contributed by atoms with Crippen LogP contribution in [-0.4, -0.2) is 60.8 Å². The molecule has 2 aliphatic heterocycles. The van der Waals surface area contributed by atoms with E-state index in [2.05, 4.69) is 20.4 Å². The molecule has 3 heterocycles. The van der Waals surface area contributed by atoms with Crippen LogP contribution in [0.2, 0.25) is 0 Å². The number of fused-ring (bicyclic) bond motifs is 1. The van der Waals surface area contributed by atoms with Gasteiger partial charge in [0.1, 0.15) is 0 Å². The number of benzene rings is 1. The van der Waals surface area contributed by atoms with E-state index in [4.69, 9.17) is 14.0 Å². The van der Waals surface area contributed by atoms with E-state index in [1.807, 2.05) is 18.2 Å². The van der Waals surface area contributed by atoms with E-state index < -0.39 is 0 Å². The van der Waals surface area contributed by atoms with E-state index in [1.165, 1.54) is 45.2 Å². The monoisotopic (exact) mass is 442 g/mol. The number of rotatable bonds is 9. The lowest BCUT2D eigenvalue weighted by Gasteiger charge is -2.44. The zero-order chi connectivity index (χ0) is 22.3. The van der Waals surface area contributed by atoms with Gasteiger partial charge in [-0.15, -0.1) is 0 Å². The summed E-state index contributed by atoms with van der Waals surface area (Å²) in [4.78, 5) is 19.5. The van der Waals surface area contributed by atoms with Crippen molar-refractivity contribution in [1.82, 2.24) is 20.4 Å². The first-order valence-corrected chi connectivity index (χ1v) is 11.7. The molecule has 2 atom stereocenters. The number of nitrogens with zero attached hydrogens (tertiary/aromatic N) is 3. The molecule has 8 nitrogen and oxygen atoms in total. The second-order valence-electron chi connectivity index (χ2n) is 8.74. The van der Waals surface area contributed by atoms with Crippen molar-refractivity contribution < 1.29 is 18.8 Å². The summed E-state index contributed by atoms with van der Waals surface area (Å²) in [5.41, 5.74) is 0.791. The first-order chi connectivity index (χ1) is 15.7. The Labute approximate surface area is 189 Å². The molecule has 1 N–H and O–H groups in total. The lowest BCUT2D eigenvalue weighted by Crippen LogP contribution is -2.50. The number of aryl methyl sites for hydroxylation is 1. The lowest BCUT2D eigenvalue weighted by atomic mass is 9.83. The molecular formula is C24H34N4O4. The van der Waals surface area contributed by atoms with Crippen molar-refractivity contribution in [1.29, 1.82) is 0 Å². The SMILES string of the molecule is COc1ccc(-c2noc(CCCC(=O)NC[C@H]3CCCN4CCCC[C@H]34)n2)cc1OC. The van der Waals surface area contributed by atoms with Gasteiger partial charge in [-0.25, -0.2) is 0 Å². The molecule has 2 fully saturated rings. The fraction of sp³-hybridized carbons (Fsp3) is 0.625. The summed E-state index contributed by atoms with van der Waals surface area (Å²) in [6.07, 6.45) is 8.11. The quantitative estimate of drug-likeness (QED) is 0.636. The van der Waals surface area contributed by atoms with Crippen molar-refractivity contribution in [3.8, 4) is 22.9 Å². The third-order valence-electron chi connectivity index (χ3n) is 6.69. The number of carbonyl (C=O) groups excluding carboxylic acids is 1. The third kappa shape index (κ3) is 5.41. The smallest absolute Gasteiger partial charge is 0.226 e. The summed E-state index contributed by atoms with van der Waals surface area (Å²) < 4.78 is 16.0. The zero-order valence-electron chi connectivity index (χ0n) is 19.1. The minimum Gasteiger partial charge on any atom is -0.493 e. The number of hydrogen-bond acceptors (Lipinski definition) is 7. The highest BCUT2D eigenvalue weighted by molar-refractivity contribution is 5.75. The number of ether oxygens (including phenoxy) is 2. The number of aromatic nitrogens is 2. The highest BCUT2D eigenvalue weighted by atomic mass is 16.5. The first-order valence-electron chi connectivity index (χ1n) is 11.7. The first kappa shape index (κ1) is 22.6. The fourth-order valence-electron chi connectivity index (χ4n) is 5.00. The number of nitrogens with one attached hydrogen (secondary N) is 1. The molecule has 1 aromatic carbocycles. The Morgan fingerprint density at radius 3 is 2.84 bits per heavy atom. The van der Waals surface area contributed by atoms with Crippen molar-refractivity contribution >= 4 is 5.91 Å². The van der Waals surface area contributed by atoms with Crippen LogP contribution in [0.1, 0.15) is 50.8 Å². The Balaban J connectivity index is 1.22. The van der Waals surface area contributed by atoms with Crippen molar-refractivity contribution in [3.63, 3.8) is 0 Å². The van der Waals surface area contributed by atoms with Crippen LogP contribution >= 0.6 is 0 Å². The van der Waals surface area contributed by atoms with Crippen LogP contribution in [-0.2, 0) is 11.2 Å². The van der Waals surface area contributed by atoms with E-state index in [-0.39, 0.29) is 5.91 Å². The van der Waals surface area contributed by atoms with Crippen LogP contribution < -0.4 is 14.8 Å². The van der Waals surface area contributed by atoms with Crippen LogP contribution in [0, 0.1) is 5.92 Å². The molecule has 8 heteroatoms. The van der Waals surface area contributed by atoms with Crippen molar-refractivity contribution in [2.24, 2.45) is 5.92 Å². The van der Waals surface area contributed by atoms with Crippen molar-refractivity contribution in [2.45, 2.75) is 57.4 Å². The van der Waals surface area contributed by atoms with Gasteiger partial charge in [0.05, 0.1) is 14.2 Å². The number of methoxy groups -OCH3 is 2. The van der Waals surface area contributed by atoms with Crippen molar-refractivity contribution in [3.05, 3.63) is 24.1 Å². The second-order valence-corrected chi connectivity index (χ2v) is 8.74. The molecule has 4 rings (SSSR count). The standard InChI is InChI=1S/C24H34N4O4/c1-30-20-12-11-17(15-21(20)31-2)24-26-23(32-27-24)10-5-9-22(29)25-16-18-7-6-14-28-13-4-3-8-19(18)28/h11-12,15,18-19H,3-10,13-14,16H2,1-2H3,(H,25,29)/t18-,19-/m1/s1. The summed E-state index contributed by atoms with van der Waals surface area (Å²) >= 11 is 0. The molecule has 0 unspecified atom stereocenters.